The number of aromatic nitrogens is 2. The lowest BCUT2D eigenvalue weighted by molar-refractivity contribution is 0.102. The molecule has 1 N–H and O–H groups in total. The Labute approximate surface area is 162 Å². The van der Waals surface area contributed by atoms with E-state index in [2.05, 4.69) is 10.3 Å². The first-order valence-corrected chi connectivity index (χ1v) is 8.81. The topological polar surface area (TPSA) is 64.9 Å². The molecule has 2 aromatic carbocycles. The summed E-state index contributed by atoms with van der Waals surface area (Å²) in [7, 11) is 1.60. The number of ether oxygens (including phenoxy) is 2. The minimum absolute atomic E-state index is 0.263. The number of hydrogen-bond donors (Lipinski definition) is 1. The molecule has 0 saturated heterocycles. The van der Waals surface area contributed by atoms with Crippen molar-refractivity contribution in [2.45, 2.75) is 6.92 Å². The maximum absolute atomic E-state index is 12.5. The monoisotopic (exact) mass is 373 g/mol. The largest absolute Gasteiger partial charge is 0.493 e. The number of amides is 1. The van der Waals surface area contributed by atoms with Crippen molar-refractivity contribution in [1.29, 1.82) is 0 Å². The van der Waals surface area contributed by atoms with Crippen molar-refractivity contribution in [2.75, 3.05) is 12.4 Å². The maximum Gasteiger partial charge on any atom is 0.275 e. The van der Waals surface area contributed by atoms with Crippen molar-refractivity contribution in [3.63, 3.8) is 0 Å². The number of benzene rings is 2. The fourth-order valence-corrected chi connectivity index (χ4v) is 2.89. The zero-order valence-electron chi connectivity index (χ0n) is 15.5. The summed E-state index contributed by atoms with van der Waals surface area (Å²) in [5, 5.41) is 2.86. The normalized spacial score (nSPS) is 10.6. The van der Waals surface area contributed by atoms with Crippen LogP contribution in [0.5, 0.6) is 17.2 Å². The van der Waals surface area contributed by atoms with Crippen LogP contribution >= 0.6 is 0 Å². The number of hydrogen-bond acceptors (Lipinski definition) is 4. The van der Waals surface area contributed by atoms with Gasteiger partial charge in [-0.05, 0) is 55.5 Å². The number of fused-ring (bicyclic) bond motifs is 1. The predicted molar refractivity (Wildman–Crippen MR) is 107 cm³/mol. The highest BCUT2D eigenvalue weighted by atomic mass is 16.5. The molecule has 0 fully saturated rings. The van der Waals surface area contributed by atoms with E-state index in [1.807, 2.05) is 53.8 Å². The summed E-state index contributed by atoms with van der Waals surface area (Å²) >= 11 is 0. The molecule has 0 unspecified atom stereocenters. The smallest absolute Gasteiger partial charge is 0.275 e. The molecule has 0 aliphatic carbocycles. The van der Waals surface area contributed by atoms with E-state index in [0.717, 1.165) is 11.3 Å². The van der Waals surface area contributed by atoms with E-state index < -0.39 is 0 Å². The second-order valence-electron chi connectivity index (χ2n) is 6.25. The van der Waals surface area contributed by atoms with Gasteiger partial charge in [-0.15, -0.1) is 0 Å². The molecule has 0 saturated carbocycles. The van der Waals surface area contributed by atoms with Crippen molar-refractivity contribution in [2.24, 2.45) is 0 Å². The molecular weight excluding hydrogens is 354 g/mol. The summed E-state index contributed by atoms with van der Waals surface area (Å²) in [4.78, 5) is 16.9. The molecule has 140 valence electrons. The number of carbonyl (C=O) groups excluding carboxylic acids is 1. The van der Waals surface area contributed by atoms with Gasteiger partial charge in [0, 0.05) is 17.6 Å². The standard InChI is InChI=1S/C22H19N3O3/c1-15-6-5-9-21-24-18(14-25(15)21)22(26)23-16-10-12-17(13-11-16)28-20-8-4-3-7-19(20)27-2/h3-14H,1-2H3,(H,23,26). The van der Waals surface area contributed by atoms with E-state index in [1.54, 1.807) is 37.6 Å². The predicted octanol–water partition coefficient (Wildman–Crippen LogP) is 4.70. The molecule has 0 aliphatic heterocycles. The summed E-state index contributed by atoms with van der Waals surface area (Å²) in [5.41, 5.74) is 2.78. The molecular formula is C22H19N3O3. The number of imidazole rings is 1. The molecule has 6 heteroatoms. The zero-order chi connectivity index (χ0) is 19.5. The van der Waals surface area contributed by atoms with Gasteiger partial charge in [0.05, 0.1) is 7.11 Å². The van der Waals surface area contributed by atoms with Crippen LogP contribution in [0.4, 0.5) is 5.69 Å². The Bertz CT molecular complexity index is 1130. The molecule has 0 bridgehead atoms. The van der Waals surface area contributed by atoms with Crippen LogP contribution in [0.15, 0.2) is 72.9 Å². The minimum atomic E-state index is -0.263. The molecule has 4 rings (SSSR count). The van der Waals surface area contributed by atoms with E-state index in [0.29, 0.717) is 28.6 Å². The lowest BCUT2D eigenvalue weighted by Crippen LogP contribution is -2.12. The number of carbonyl (C=O) groups is 1. The van der Waals surface area contributed by atoms with Gasteiger partial charge in [0.2, 0.25) is 0 Å². The number of pyridine rings is 1. The van der Waals surface area contributed by atoms with Crippen LogP contribution in [0.25, 0.3) is 5.65 Å². The third kappa shape index (κ3) is 3.53. The van der Waals surface area contributed by atoms with Crippen LogP contribution in [0.3, 0.4) is 0 Å². The molecule has 4 aromatic rings. The molecule has 0 radical (unpaired) electrons. The van der Waals surface area contributed by atoms with Crippen molar-refractivity contribution in [3.05, 3.63) is 84.3 Å². The second-order valence-corrected chi connectivity index (χ2v) is 6.25. The van der Waals surface area contributed by atoms with Crippen LogP contribution in [-0.4, -0.2) is 22.4 Å². The van der Waals surface area contributed by atoms with Gasteiger partial charge in [-0.2, -0.15) is 0 Å². The fourth-order valence-electron chi connectivity index (χ4n) is 2.89. The Balaban J connectivity index is 1.48. The third-order valence-electron chi connectivity index (χ3n) is 4.34. The quantitative estimate of drug-likeness (QED) is 0.551. The van der Waals surface area contributed by atoms with Crippen LogP contribution < -0.4 is 14.8 Å². The maximum atomic E-state index is 12.5. The van der Waals surface area contributed by atoms with Crippen LogP contribution in [0, 0.1) is 6.92 Å². The minimum Gasteiger partial charge on any atom is -0.493 e. The fraction of sp³-hybridized carbons (Fsp3) is 0.0909. The molecule has 0 spiro atoms. The number of methoxy groups -OCH3 is 1. The Kier molecular flexibility index (Phi) is 4.68. The van der Waals surface area contributed by atoms with Gasteiger partial charge in [-0.1, -0.05) is 18.2 Å². The molecule has 0 aliphatic rings. The first kappa shape index (κ1) is 17.6. The highest BCUT2D eigenvalue weighted by Gasteiger charge is 2.12. The molecule has 2 aromatic heterocycles. The number of aryl methyl sites for hydroxylation is 1. The summed E-state index contributed by atoms with van der Waals surface area (Å²) in [5.74, 6) is 1.66. The summed E-state index contributed by atoms with van der Waals surface area (Å²) in [6.07, 6.45) is 1.74. The Hall–Kier alpha value is -3.80. The number of nitrogens with one attached hydrogen (secondary N) is 1. The SMILES string of the molecule is COc1ccccc1Oc1ccc(NC(=O)c2cn3c(C)cccc3n2)cc1. The van der Waals surface area contributed by atoms with E-state index in [-0.39, 0.29) is 5.91 Å². The second kappa shape index (κ2) is 7.44. The molecule has 2 heterocycles. The van der Waals surface area contributed by atoms with Gasteiger partial charge in [-0.3, -0.25) is 4.79 Å². The average Bonchev–Trinajstić information content (AvgIpc) is 3.16. The van der Waals surface area contributed by atoms with Gasteiger partial charge >= 0.3 is 0 Å². The number of para-hydroxylation sites is 2. The van der Waals surface area contributed by atoms with Crippen molar-refractivity contribution in [3.8, 4) is 17.2 Å². The zero-order valence-corrected chi connectivity index (χ0v) is 15.5. The average molecular weight is 373 g/mol. The van der Waals surface area contributed by atoms with E-state index in [1.165, 1.54) is 0 Å². The van der Waals surface area contributed by atoms with Crippen molar-refractivity contribution < 1.29 is 14.3 Å². The molecule has 6 nitrogen and oxygen atoms in total. The lowest BCUT2D eigenvalue weighted by Gasteiger charge is -2.10. The lowest BCUT2D eigenvalue weighted by atomic mass is 10.3. The molecule has 0 atom stereocenters. The van der Waals surface area contributed by atoms with Crippen LogP contribution in [0.1, 0.15) is 16.2 Å². The first-order chi connectivity index (χ1) is 13.6. The van der Waals surface area contributed by atoms with E-state index in [9.17, 15) is 4.79 Å². The Morgan fingerprint density at radius 1 is 0.964 bits per heavy atom. The summed E-state index contributed by atoms with van der Waals surface area (Å²) in [6, 6.07) is 20.3. The Morgan fingerprint density at radius 2 is 1.71 bits per heavy atom. The highest BCUT2D eigenvalue weighted by molar-refractivity contribution is 6.03. The van der Waals surface area contributed by atoms with Crippen molar-refractivity contribution >= 4 is 17.2 Å². The van der Waals surface area contributed by atoms with Crippen LogP contribution in [0.2, 0.25) is 0 Å². The van der Waals surface area contributed by atoms with Gasteiger partial charge in [-0.25, -0.2) is 4.98 Å². The Morgan fingerprint density at radius 3 is 2.43 bits per heavy atom. The van der Waals surface area contributed by atoms with Gasteiger partial charge < -0.3 is 19.2 Å². The van der Waals surface area contributed by atoms with Crippen LogP contribution in [-0.2, 0) is 0 Å². The van der Waals surface area contributed by atoms with E-state index >= 15 is 0 Å². The highest BCUT2D eigenvalue weighted by Crippen LogP contribution is 2.31. The van der Waals surface area contributed by atoms with Gasteiger partial charge in [0.25, 0.3) is 5.91 Å². The number of rotatable bonds is 5. The van der Waals surface area contributed by atoms with Gasteiger partial charge in [0.1, 0.15) is 17.1 Å². The number of anilines is 1. The number of nitrogens with zero attached hydrogens (tertiary/aromatic N) is 2. The molecule has 28 heavy (non-hydrogen) atoms. The van der Waals surface area contributed by atoms with Crippen molar-refractivity contribution in [1.82, 2.24) is 9.38 Å². The van der Waals surface area contributed by atoms with Gasteiger partial charge in [0.15, 0.2) is 11.5 Å². The molecule has 1 amide bonds. The van der Waals surface area contributed by atoms with E-state index in [4.69, 9.17) is 9.47 Å². The summed E-state index contributed by atoms with van der Waals surface area (Å²) < 4.78 is 13.0. The first-order valence-electron chi connectivity index (χ1n) is 8.81. The summed E-state index contributed by atoms with van der Waals surface area (Å²) in [6.45, 7) is 1.97. The third-order valence-corrected chi connectivity index (χ3v) is 4.34.